The van der Waals surface area contributed by atoms with Gasteiger partial charge in [-0.05, 0) is 0 Å². The molecular formula is C6H4O6-2. The van der Waals surface area contributed by atoms with Crippen LogP contribution in [0.15, 0.2) is 0 Å². The highest BCUT2D eigenvalue weighted by atomic mass is 16.6. The first-order valence-corrected chi connectivity index (χ1v) is 3.13. The van der Waals surface area contributed by atoms with Crippen molar-refractivity contribution in [3.63, 3.8) is 0 Å². The Morgan fingerprint density at radius 1 is 1.33 bits per heavy atom. The molecule has 0 N–H and O–H groups in total. The van der Waals surface area contributed by atoms with E-state index < -0.39 is 36.4 Å². The van der Waals surface area contributed by atoms with Crippen LogP contribution in [-0.2, 0) is 19.1 Å². The molecule has 1 rings (SSSR count). The summed E-state index contributed by atoms with van der Waals surface area (Å²) in [5.41, 5.74) is 0. The largest absolute Gasteiger partial charge is 0.550 e. The lowest BCUT2D eigenvalue weighted by atomic mass is 10.0. The van der Waals surface area contributed by atoms with E-state index in [1.54, 1.807) is 0 Å². The fourth-order valence-electron chi connectivity index (χ4n) is 0.978. The van der Waals surface area contributed by atoms with Gasteiger partial charge in [-0.15, -0.1) is 0 Å². The maximum Gasteiger partial charge on any atom is 0.307 e. The average Bonchev–Trinajstić information content (AvgIpc) is 2.31. The second-order valence-corrected chi connectivity index (χ2v) is 2.36. The molecule has 6 nitrogen and oxygen atoms in total. The number of hydrogen-bond acceptors (Lipinski definition) is 6. The maximum atomic E-state index is 10.5. The Morgan fingerprint density at radius 2 is 1.92 bits per heavy atom. The fraction of sp³-hybridized carbons (Fsp3) is 0.500. The van der Waals surface area contributed by atoms with Gasteiger partial charge < -0.3 is 24.5 Å². The standard InChI is InChI=1S/C6H6O6/c7-3-1-2(5(8)9)4(12-3)6(10)11/h2,4H,1H2,(H,8,9)(H,10,11)/p-2/t2-,4+/m1/s1. The molecule has 0 bridgehead atoms. The van der Waals surface area contributed by atoms with Gasteiger partial charge in [0.15, 0.2) is 0 Å². The van der Waals surface area contributed by atoms with Gasteiger partial charge in [-0.3, -0.25) is 4.79 Å². The third kappa shape index (κ3) is 1.36. The Balaban J connectivity index is 2.79. The molecule has 2 atom stereocenters. The third-order valence-corrected chi connectivity index (χ3v) is 1.55. The van der Waals surface area contributed by atoms with E-state index in [4.69, 9.17) is 0 Å². The van der Waals surface area contributed by atoms with E-state index in [0.29, 0.717) is 0 Å². The molecule has 0 aromatic heterocycles. The minimum Gasteiger partial charge on any atom is -0.550 e. The number of hydrogen-bond donors (Lipinski definition) is 0. The van der Waals surface area contributed by atoms with Gasteiger partial charge >= 0.3 is 5.97 Å². The van der Waals surface area contributed by atoms with Crippen LogP contribution in [0, 0.1) is 5.92 Å². The van der Waals surface area contributed by atoms with Crippen LogP contribution >= 0.6 is 0 Å². The Kier molecular flexibility index (Phi) is 1.99. The van der Waals surface area contributed by atoms with Gasteiger partial charge in [-0.2, -0.15) is 0 Å². The van der Waals surface area contributed by atoms with Gasteiger partial charge in [0.1, 0.15) is 6.10 Å². The van der Waals surface area contributed by atoms with Crippen molar-refractivity contribution in [3.8, 4) is 0 Å². The summed E-state index contributed by atoms with van der Waals surface area (Å²) in [6.45, 7) is 0. The number of rotatable bonds is 2. The van der Waals surface area contributed by atoms with Crippen LogP contribution in [0.4, 0.5) is 0 Å². The van der Waals surface area contributed by atoms with Crippen molar-refractivity contribution in [2.45, 2.75) is 12.5 Å². The van der Waals surface area contributed by atoms with Crippen LogP contribution in [0.2, 0.25) is 0 Å². The predicted molar refractivity (Wildman–Crippen MR) is 28.0 cm³/mol. The molecule has 0 saturated carbocycles. The predicted octanol–water partition coefficient (Wildman–Crippen LogP) is -3.58. The molecule has 0 radical (unpaired) electrons. The quantitative estimate of drug-likeness (QED) is 0.398. The molecule has 1 heterocycles. The summed E-state index contributed by atoms with van der Waals surface area (Å²) in [6.07, 6.45) is -2.18. The first-order valence-electron chi connectivity index (χ1n) is 3.13. The number of esters is 1. The summed E-state index contributed by atoms with van der Waals surface area (Å²) < 4.78 is 4.17. The van der Waals surface area contributed by atoms with Crippen molar-refractivity contribution >= 4 is 17.9 Å². The highest BCUT2D eigenvalue weighted by Gasteiger charge is 2.36. The van der Waals surface area contributed by atoms with Gasteiger partial charge in [0.2, 0.25) is 0 Å². The zero-order chi connectivity index (χ0) is 9.30. The topological polar surface area (TPSA) is 107 Å². The van der Waals surface area contributed by atoms with Gasteiger partial charge in [-0.25, -0.2) is 0 Å². The van der Waals surface area contributed by atoms with Gasteiger partial charge in [-0.1, -0.05) is 0 Å². The molecule has 0 aliphatic carbocycles. The molecule has 1 saturated heterocycles. The normalized spacial score (nSPS) is 28.2. The van der Waals surface area contributed by atoms with Crippen LogP contribution in [0.25, 0.3) is 0 Å². The summed E-state index contributed by atoms with van der Waals surface area (Å²) >= 11 is 0. The monoisotopic (exact) mass is 172 g/mol. The second kappa shape index (κ2) is 2.80. The smallest absolute Gasteiger partial charge is 0.307 e. The summed E-state index contributed by atoms with van der Waals surface area (Å²) in [5.74, 6) is -5.62. The van der Waals surface area contributed by atoms with E-state index in [2.05, 4.69) is 4.74 Å². The number of carboxylic acids is 2. The first-order chi connectivity index (χ1) is 5.52. The number of carbonyl (C=O) groups is 3. The molecule has 66 valence electrons. The summed E-state index contributed by atoms with van der Waals surface area (Å²) in [7, 11) is 0. The average molecular weight is 172 g/mol. The van der Waals surface area contributed by atoms with E-state index in [1.807, 2.05) is 0 Å². The van der Waals surface area contributed by atoms with E-state index in [1.165, 1.54) is 0 Å². The van der Waals surface area contributed by atoms with E-state index in [0.717, 1.165) is 0 Å². The van der Waals surface area contributed by atoms with Gasteiger partial charge in [0.05, 0.1) is 18.3 Å². The molecule has 0 aromatic rings. The summed E-state index contributed by atoms with van der Waals surface area (Å²) in [4.78, 5) is 30.9. The zero-order valence-corrected chi connectivity index (χ0v) is 5.81. The Morgan fingerprint density at radius 3 is 2.25 bits per heavy atom. The molecule has 0 unspecified atom stereocenters. The number of aliphatic carboxylic acids is 2. The van der Waals surface area contributed by atoms with Crippen molar-refractivity contribution in [3.05, 3.63) is 0 Å². The zero-order valence-electron chi connectivity index (χ0n) is 5.81. The van der Waals surface area contributed by atoms with Crippen LogP contribution in [0.5, 0.6) is 0 Å². The second-order valence-electron chi connectivity index (χ2n) is 2.36. The van der Waals surface area contributed by atoms with Crippen LogP contribution < -0.4 is 10.2 Å². The highest BCUT2D eigenvalue weighted by Crippen LogP contribution is 2.20. The lowest BCUT2D eigenvalue weighted by molar-refractivity contribution is -0.327. The molecule has 0 spiro atoms. The molecule has 12 heavy (non-hydrogen) atoms. The molecule has 0 amide bonds. The van der Waals surface area contributed by atoms with Crippen molar-refractivity contribution in [2.24, 2.45) is 5.92 Å². The summed E-state index contributed by atoms with van der Waals surface area (Å²) in [5, 5.41) is 20.4. The fourth-order valence-corrected chi connectivity index (χ4v) is 0.978. The maximum absolute atomic E-state index is 10.5. The molecule has 6 heteroatoms. The molecular weight excluding hydrogens is 168 g/mol. The first kappa shape index (κ1) is 8.51. The highest BCUT2D eigenvalue weighted by molar-refractivity contribution is 5.89. The van der Waals surface area contributed by atoms with Crippen molar-refractivity contribution in [1.82, 2.24) is 0 Å². The number of ether oxygens (including phenoxy) is 1. The van der Waals surface area contributed by atoms with E-state index in [9.17, 15) is 24.6 Å². The molecule has 1 aliphatic heterocycles. The van der Waals surface area contributed by atoms with Crippen molar-refractivity contribution in [1.29, 1.82) is 0 Å². The lowest BCUT2D eigenvalue weighted by Crippen LogP contribution is -2.45. The Bertz CT molecular complexity index is 220. The SMILES string of the molecule is O=C1C[C@@H](C(=O)[O-])[C@@H](C(=O)[O-])O1. The minimum absolute atomic E-state index is 0.471. The van der Waals surface area contributed by atoms with Crippen LogP contribution in [-0.4, -0.2) is 24.0 Å². The molecule has 1 aliphatic rings. The summed E-state index contributed by atoms with van der Waals surface area (Å²) in [6, 6.07) is 0. The molecule has 0 aromatic carbocycles. The molecule has 1 fully saturated rings. The lowest BCUT2D eigenvalue weighted by Gasteiger charge is -2.18. The van der Waals surface area contributed by atoms with Crippen LogP contribution in [0.1, 0.15) is 6.42 Å². The minimum atomic E-state index is -1.71. The van der Waals surface area contributed by atoms with Crippen LogP contribution in [0.3, 0.4) is 0 Å². The number of carboxylic acid groups (broad SMARTS) is 2. The third-order valence-electron chi connectivity index (χ3n) is 1.55. The van der Waals surface area contributed by atoms with Crippen molar-refractivity contribution < 1.29 is 29.3 Å². The van der Waals surface area contributed by atoms with Gasteiger partial charge in [0.25, 0.3) is 0 Å². The Labute approximate surface area is 66.7 Å². The van der Waals surface area contributed by atoms with Crippen molar-refractivity contribution in [2.75, 3.05) is 0 Å². The number of cyclic esters (lactones) is 1. The number of carbonyl (C=O) groups excluding carboxylic acids is 3. The van der Waals surface area contributed by atoms with Gasteiger partial charge in [0, 0.05) is 5.97 Å². The van der Waals surface area contributed by atoms with E-state index >= 15 is 0 Å². The Hall–Kier alpha value is -1.59. The van der Waals surface area contributed by atoms with E-state index in [-0.39, 0.29) is 0 Å².